The van der Waals surface area contributed by atoms with Crippen molar-refractivity contribution in [3.8, 4) is 0 Å². The van der Waals surface area contributed by atoms with Gasteiger partial charge in [-0.2, -0.15) is 0 Å². The lowest BCUT2D eigenvalue weighted by atomic mass is 10.0. The standard InChI is InChI=1S/C12H14F2N2OS/c1-12(2,11(15)18)16-9(17)6-7-4-3-5-8(13)10(7)14/h3-5H,6H2,1-2H3,(H2,15,18)(H,16,17). The number of rotatable bonds is 4. The molecular formula is C12H14F2N2OS. The van der Waals surface area contributed by atoms with Crippen LogP contribution in [0.1, 0.15) is 19.4 Å². The fraction of sp³-hybridized carbons (Fsp3) is 0.333. The van der Waals surface area contributed by atoms with Crippen LogP contribution in [0, 0.1) is 11.6 Å². The molecule has 0 aromatic heterocycles. The minimum Gasteiger partial charge on any atom is -0.391 e. The molecule has 6 heteroatoms. The van der Waals surface area contributed by atoms with Crippen LogP contribution >= 0.6 is 12.2 Å². The van der Waals surface area contributed by atoms with Crippen LogP contribution in [0.4, 0.5) is 8.78 Å². The van der Waals surface area contributed by atoms with Gasteiger partial charge < -0.3 is 11.1 Å². The number of carbonyl (C=O) groups is 1. The van der Waals surface area contributed by atoms with Gasteiger partial charge in [0.2, 0.25) is 5.91 Å². The first-order chi connectivity index (χ1) is 8.24. The Labute approximate surface area is 109 Å². The number of amides is 1. The number of carbonyl (C=O) groups excluding carboxylic acids is 1. The van der Waals surface area contributed by atoms with Crippen LogP contribution in [0.15, 0.2) is 18.2 Å². The Bertz CT molecular complexity index is 489. The second-order valence-electron chi connectivity index (χ2n) is 4.43. The molecule has 98 valence electrons. The van der Waals surface area contributed by atoms with E-state index in [1.807, 2.05) is 0 Å². The molecule has 0 atom stereocenters. The maximum absolute atomic E-state index is 13.3. The summed E-state index contributed by atoms with van der Waals surface area (Å²) in [7, 11) is 0. The van der Waals surface area contributed by atoms with E-state index in [0.29, 0.717) is 0 Å². The summed E-state index contributed by atoms with van der Waals surface area (Å²) >= 11 is 4.79. The smallest absolute Gasteiger partial charge is 0.225 e. The number of nitrogens with one attached hydrogen (secondary N) is 1. The molecule has 0 heterocycles. The Morgan fingerprint density at radius 3 is 2.61 bits per heavy atom. The summed E-state index contributed by atoms with van der Waals surface area (Å²) in [5.74, 6) is -2.47. The molecule has 0 unspecified atom stereocenters. The maximum atomic E-state index is 13.3. The fourth-order valence-corrected chi connectivity index (χ4v) is 1.36. The largest absolute Gasteiger partial charge is 0.391 e. The predicted octanol–water partition coefficient (Wildman–Crippen LogP) is 1.69. The summed E-state index contributed by atoms with van der Waals surface area (Å²) in [5.41, 5.74) is 4.58. The molecule has 0 saturated heterocycles. The van der Waals surface area contributed by atoms with Crippen molar-refractivity contribution in [2.75, 3.05) is 0 Å². The van der Waals surface area contributed by atoms with E-state index >= 15 is 0 Å². The minimum atomic E-state index is -1.01. The van der Waals surface area contributed by atoms with E-state index in [0.717, 1.165) is 6.07 Å². The monoisotopic (exact) mass is 272 g/mol. The Morgan fingerprint density at radius 1 is 1.44 bits per heavy atom. The van der Waals surface area contributed by atoms with Gasteiger partial charge in [0.1, 0.15) is 0 Å². The van der Waals surface area contributed by atoms with Gasteiger partial charge in [-0.3, -0.25) is 4.79 Å². The first-order valence-corrected chi connectivity index (χ1v) is 5.68. The van der Waals surface area contributed by atoms with E-state index in [1.165, 1.54) is 12.1 Å². The molecular weight excluding hydrogens is 258 g/mol. The van der Waals surface area contributed by atoms with Gasteiger partial charge in [-0.15, -0.1) is 0 Å². The highest BCUT2D eigenvalue weighted by Gasteiger charge is 2.24. The molecule has 3 nitrogen and oxygen atoms in total. The van der Waals surface area contributed by atoms with E-state index in [-0.39, 0.29) is 17.0 Å². The molecule has 0 fully saturated rings. The number of hydrogen-bond acceptors (Lipinski definition) is 2. The van der Waals surface area contributed by atoms with Crippen LogP contribution in [-0.2, 0) is 11.2 Å². The molecule has 0 bridgehead atoms. The maximum Gasteiger partial charge on any atom is 0.225 e. The van der Waals surface area contributed by atoms with Crippen molar-refractivity contribution in [2.45, 2.75) is 25.8 Å². The summed E-state index contributed by atoms with van der Waals surface area (Å²) < 4.78 is 26.3. The third-order valence-electron chi connectivity index (χ3n) is 2.45. The average Bonchev–Trinajstić information content (AvgIpc) is 2.23. The van der Waals surface area contributed by atoms with Crippen LogP contribution < -0.4 is 11.1 Å². The number of benzene rings is 1. The van der Waals surface area contributed by atoms with E-state index in [4.69, 9.17) is 18.0 Å². The lowest BCUT2D eigenvalue weighted by Crippen LogP contribution is -2.52. The van der Waals surface area contributed by atoms with Crippen LogP contribution in [0.25, 0.3) is 0 Å². The number of thiocarbonyl (C=S) groups is 1. The molecule has 0 aliphatic carbocycles. The van der Waals surface area contributed by atoms with E-state index in [2.05, 4.69) is 5.32 Å². The SMILES string of the molecule is CC(C)(NC(=O)Cc1cccc(F)c1F)C(N)=S. The zero-order valence-electron chi connectivity index (χ0n) is 10.1. The summed E-state index contributed by atoms with van der Waals surface area (Å²) in [4.78, 5) is 11.8. The van der Waals surface area contributed by atoms with Gasteiger partial charge in [-0.05, 0) is 19.9 Å². The number of nitrogens with two attached hydrogens (primary N) is 1. The van der Waals surface area contributed by atoms with E-state index in [9.17, 15) is 13.6 Å². The second kappa shape index (κ2) is 5.39. The molecule has 1 aromatic rings. The van der Waals surface area contributed by atoms with Crippen molar-refractivity contribution in [1.82, 2.24) is 5.32 Å². The molecule has 0 saturated carbocycles. The van der Waals surface area contributed by atoms with E-state index in [1.54, 1.807) is 13.8 Å². The topological polar surface area (TPSA) is 55.1 Å². The van der Waals surface area contributed by atoms with Crippen LogP contribution in [0.2, 0.25) is 0 Å². The lowest BCUT2D eigenvalue weighted by Gasteiger charge is -2.24. The van der Waals surface area contributed by atoms with Crippen molar-refractivity contribution in [2.24, 2.45) is 5.73 Å². The summed E-state index contributed by atoms with van der Waals surface area (Å²) in [6.07, 6.45) is -0.268. The molecule has 18 heavy (non-hydrogen) atoms. The highest BCUT2D eigenvalue weighted by molar-refractivity contribution is 7.80. The number of hydrogen-bond donors (Lipinski definition) is 2. The Hall–Kier alpha value is -1.56. The highest BCUT2D eigenvalue weighted by atomic mass is 32.1. The zero-order valence-corrected chi connectivity index (χ0v) is 10.9. The third-order valence-corrected chi connectivity index (χ3v) is 2.96. The molecule has 0 radical (unpaired) electrons. The minimum absolute atomic E-state index is 0.00811. The van der Waals surface area contributed by atoms with Gasteiger partial charge in [0.15, 0.2) is 11.6 Å². The summed E-state index contributed by atoms with van der Waals surface area (Å²) in [6, 6.07) is 3.70. The van der Waals surface area contributed by atoms with Gasteiger partial charge in [-0.1, -0.05) is 24.4 Å². The predicted molar refractivity (Wildman–Crippen MR) is 69.1 cm³/mol. The van der Waals surface area contributed by atoms with Crippen molar-refractivity contribution in [1.29, 1.82) is 0 Å². The summed E-state index contributed by atoms with van der Waals surface area (Å²) in [6.45, 7) is 3.27. The summed E-state index contributed by atoms with van der Waals surface area (Å²) in [5, 5.41) is 2.56. The van der Waals surface area contributed by atoms with Gasteiger partial charge in [0.25, 0.3) is 0 Å². The normalized spacial score (nSPS) is 11.1. The highest BCUT2D eigenvalue weighted by Crippen LogP contribution is 2.12. The number of halogens is 2. The molecule has 1 amide bonds. The van der Waals surface area contributed by atoms with Crippen molar-refractivity contribution >= 4 is 23.1 Å². The van der Waals surface area contributed by atoms with Crippen LogP contribution in [0.3, 0.4) is 0 Å². The van der Waals surface area contributed by atoms with Gasteiger partial charge in [0, 0.05) is 5.56 Å². The van der Waals surface area contributed by atoms with E-state index < -0.39 is 23.1 Å². The van der Waals surface area contributed by atoms with Crippen molar-refractivity contribution in [3.63, 3.8) is 0 Å². The molecule has 0 aliphatic heterocycles. The zero-order chi connectivity index (χ0) is 13.9. The molecule has 0 spiro atoms. The van der Waals surface area contributed by atoms with Gasteiger partial charge >= 0.3 is 0 Å². The second-order valence-corrected chi connectivity index (χ2v) is 4.87. The first kappa shape index (κ1) is 14.5. The van der Waals surface area contributed by atoms with Crippen LogP contribution in [0.5, 0.6) is 0 Å². The molecule has 1 rings (SSSR count). The lowest BCUT2D eigenvalue weighted by molar-refractivity contribution is -0.121. The first-order valence-electron chi connectivity index (χ1n) is 5.28. The van der Waals surface area contributed by atoms with Crippen molar-refractivity contribution < 1.29 is 13.6 Å². The third kappa shape index (κ3) is 3.46. The Kier molecular flexibility index (Phi) is 4.34. The van der Waals surface area contributed by atoms with Gasteiger partial charge in [-0.25, -0.2) is 8.78 Å². The van der Waals surface area contributed by atoms with Crippen LogP contribution in [-0.4, -0.2) is 16.4 Å². The quantitative estimate of drug-likeness (QED) is 0.820. The molecule has 1 aromatic carbocycles. The van der Waals surface area contributed by atoms with Crippen molar-refractivity contribution in [3.05, 3.63) is 35.4 Å². The Balaban J connectivity index is 2.77. The fourth-order valence-electron chi connectivity index (χ4n) is 1.31. The molecule has 0 aliphatic rings. The molecule has 3 N–H and O–H groups in total. The average molecular weight is 272 g/mol. The van der Waals surface area contributed by atoms with Gasteiger partial charge in [0.05, 0.1) is 16.9 Å². The Morgan fingerprint density at radius 2 is 2.06 bits per heavy atom.